The topological polar surface area (TPSA) is 92.4 Å². The van der Waals surface area contributed by atoms with Crippen LogP contribution in [0.2, 0.25) is 0 Å². The number of anilines is 1. The molecule has 6 heteroatoms. The van der Waals surface area contributed by atoms with Crippen LogP contribution in [-0.2, 0) is 10.0 Å². The van der Waals surface area contributed by atoms with Crippen LogP contribution >= 0.6 is 0 Å². The molecule has 1 rings (SSSR count). The van der Waals surface area contributed by atoms with E-state index in [1.165, 1.54) is 0 Å². The number of rotatable bonds is 5. The molecule has 0 amide bonds. The van der Waals surface area contributed by atoms with Crippen molar-refractivity contribution in [2.75, 3.05) is 12.3 Å². The van der Waals surface area contributed by atoms with E-state index in [4.69, 9.17) is 10.8 Å². The summed E-state index contributed by atoms with van der Waals surface area (Å²) in [7, 11) is -3.66. The van der Waals surface area contributed by atoms with Crippen molar-refractivity contribution < 1.29 is 13.5 Å². The fraction of sp³-hybridized carbons (Fsp3) is 0.571. The van der Waals surface area contributed by atoms with Crippen molar-refractivity contribution >= 4 is 15.7 Å². The highest BCUT2D eigenvalue weighted by Crippen LogP contribution is 2.28. The van der Waals surface area contributed by atoms with Crippen LogP contribution in [0.25, 0.3) is 0 Å². The molecule has 2 unspecified atom stereocenters. The minimum atomic E-state index is -3.66. The first-order valence-electron chi connectivity index (χ1n) is 6.61. The maximum atomic E-state index is 12.5. The quantitative estimate of drug-likeness (QED) is 0.718. The van der Waals surface area contributed by atoms with E-state index in [1.807, 2.05) is 6.92 Å². The monoisotopic (exact) mass is 300 g/mol. The van der Waals surface area contributed by atoms with Gasteiger partial charge in [-0.05, 0) is 50.3 Å². The number of nitrogens with one attached hydrogen (secondary N) is 1. The molecule has 0 heterocycles. The summed E-state index contributed by atoms with van der Waals surface area (Å²) in [5, 5.41) is 9.11. The zero-order valence-electron chi connectivity index (χ0n) is 12.7. The molecule has 0 radical (unpaired) electrons. The number of hydrogen-bond acceptors (Lipinski definition) is 4. The van der Waals surface area contributed by atoms with E-state index in [0.717, 1.165) is 5.56 Å². The smallest absolute Gasteiger partial charge is 0.241 e. The van der Waals surface area contributed by atoms with Crippen LogP contribution in [-0.4, -0.2) is 26.2 Å². The largest absolute Gasteiger partial charge is 0.398 e. The third kappa shape index (κ3) is 3.31. The van der Waals surface area contributed by atoms with Crippen LogP contribution < -0.4 is 10.5 Å². The number of aliphatic hydroxyl groups is 1. The van der Waals surface area contributed by atoms with Crippen molar-refractivity contribution in [1.29, 1.82) is 0 Å². The van der Waals surface area contributed by atoms with Crippen molar-refractivity contribution in [1.82, 2.24) is 4.72 Å². The number of aryl methyl sites for hydroxylation is 2. The fourth-order valence-corrected chi connectivity index (χ4v) is 4.01. The van der Waals surface area contributed by atoms with E-state index >= 15 is 0 Å². The number of hydrogen-bond donors (Lipinski definition) is 3. The zero-order valence-corrected chi connectivity index (χ0v) is 13.5. The Labute approximate surface area is 121 Å². The fourth-order valence-electron chi connectivity index (χ4n) is 2.17. The molecule has 5 nitrogen and oxygen atoms in total. The van der Waals surface area contributed by atoms with Gasteiger partial charge in [0.25, 0.3) is 0 Å². The van der Waals surface area contributed by atoms with E-state index < -0.39 is 10.0 Å². The van der Waals surface area contributed by atoms with Gasteiger partial charge in [-0.2, -0.15) is 0 Å². The molecule has 0 saturated heterocycles. The summed E-state index contributed by atoms with van der Waals surface area (Å²) in [6, 6.07) is 1.42. The first-order chi connectivity index (χ1) is 9.11. The number of benzene rings is 1. The van der Waals surface area contributed by atoms with Crippen molar-refractivity contribution in [3.8, 4) is 0 Å². The van der Waals surface area contributed by atoms with Crippen molar-refractivity contribution in [3.05, 3.63) is 22.8 Å². The molecule has 0 fully saturated rings. The van der Waals surface area contributed by atoms with Crippen molar-refractivity contribution in [3.63, 3.8) is 0 Å². The van der Waals surface area contributed by atoms with Crippen LogP contribution in [0.4, 0.5) is 5.69 Å². The summed E-state index contributed by atoms with van der Waals surface area (Å²) in [4.78, 5) is 0.234. The molecule has 2 atom stereocenters. The highest BCUT2D eigenvalue weighted by molar-refractivity contribution is 7.89. The Bertz CT molecular complexity index is 597. The van der Waals surface area contributed by atoms with E-state index in [9.17, 15) is 8.42 Å². The predicted octanol–water partition coefficient (Wildman–Crippen LogP) is 1.49. The van der Waals surface area contributed by atoms with E-state index in [-0.39, 0.29) is 23.5 Å². The molecule has 0 aliphatic heterocycles. The van der Waals surface area contributed by atoms with Crippen LogP contribution in [0.5, 0.6) is 0 Å². The van der Waals surface area contributed by atoms with Gasteiger partial charge in [0.2, 0.25) is 10.0 Å². The number of nitrogen functional groups attached to an aromatic ring is 1. The van der Waals surface area contributed by atoms with Crippen LogP contribution in [0, 0.1) is 26.7 Å². The highest BCUT2D eigenvalue weighted by atomic mass is 32.2. The Kier molecular flexibility index (Phi) is 5.18. The van der Waals surface area contributed by atoms with E-state index in [0.29, 0.717) is 16.8 Å². The van der Waals surface area contributed by atoms with Gasteiger partial charge in [-0.3, -0.25) is 0 Å². The molecule has 0 aromatic heterocycles. The first kappa shape index (κ1) is 16.9. The van der Waals surface area contributed by atoms with E-state index in [1.54, 1.807) is 33.8 Å². The van der Waals surface area contributed by atoms with Crippen LogP contribution in [0.15, 0.2) is 11.0 Å². The summed E-state index contributed by atoms with van der Waals surface area (Å²) in [6.45, 7) is 8.78. The Morgan fingerprint density at radius 1 is 1.25 bits per heavy atom. The van der Waals surface area contributed by atoms with Gasteiger partial charge in [-0.1, -0.05) is 13.0 Å². The van der Waals surface area contributed by atoms with E-state index in [2.05, 4.69) is 4.72 Å². The molecule has 0 aliphatic rings. The summed E-state index contributed by atoms with van der Waals surface area (Å²) >= 11 is 0. The SMILES string of the molecule is Cc1cc(C)c(S(=O)(=O)NC(C)C(C)CO)c(C)c1N. The van der Waals surface area contributed by atoms with Gasteiger partial charge in [-0.25, -0.2) is 13.1 Å². The molecule has 0 spiro atoms. The normalized spacial score (nSPS) is 15.1. The lowest BCUT2D eigenvalue weighted by Gasteiger charge is -2.21. The van der Waals surface area contributed by atoms with Gasteiger partial charge < -0.3 is 10.8 Å². The number of nitrogens with two attached hydrogens (primary N) is 1. The zero-order chi connectivity index (χ0) is 15.7. The third-order valence-electron chi connectivity index (χ3n) is 3.71. The van der Waals surface area contributed by atoms with Crippen molar-refractivity contribution in [2.24, 2.45) is 5.92 Å². The Morgan fingerprint density at radius 2 is 1.80 bits per heavy atom. The van der Waals surface area contributed by atoms with Gasteiger partial charge >= 0.3 is 0 Å². The lowest BCUT2D eigenvalue weighted by molar-refractivity contribution is 0.216. The molecule has 1 aromatic rings. The average molecular weight is 300 g/mol. The molecular weight excluding hydrogens is 276 g/mol. The molecule has 20 heavy (non-hydrogen) atoms. The maximum absolute atomic E-state index is 12.5. The van der Waals surface area contributed by atoms with Gasteiger partial charge in [0.05, 0.1) is 4.90 Å². The molecular formula is C14H24N2O3S. The predicted molar refractivity (Wildman–Crippen MR) is 81.1 cm³/mol. The summed E-state index contributed by atoms with van der Waals surface area (Å²) in [5.41, 5.74) is 8.54. The molecule has 0 aliphatic carbocycles. The highest BCUT2D eigenvalue weighted by Gasteiger charge is 2.25. The second kappa shape index (κ2) is 6.11. The van der Waals surface area contributed by atoms with Crippen LogP contribution in [0.3, 0.4) is 0 Å². The lowest BCUT2D eigenvalue weighted by Crippen LogP contribution is -2.38. The maximum Gasteiger partial charge on any atom is 0.241 e. The second-order valence-electron chi connectivity index (χ2n) is 5.45. The first-order valence-corrected chi connectivity index (χ1v) is 8.09. The second-order valence-corrected chi connectivity index (χ2v) is 7.10. The Hall–Kier alpha value is -1.11. The summed E-state index contributed by atoms with van der Waals surface area (Å²) in [6.07, 6.45) is 0. The molecule has 0 bridgehead atoms. The van der Waals surface area contributed by atoms with Crippen LogP contribution in [0.1, 0.15) is 30.5 Å². The van der Waals surface area contributed by atoms with Gasteiger partial charge in [0.1, 0.15) is 0 Å². The standard InChI is InChI=1S/C14H24N2O3S/c1-8-6-9(2)14(11(4)13(8)15)20(18,19)16-12(5)10(3)7-17/h6,10,12,16-17H,7,15H2,1-5H3. The minimum absolute atomic E-state index is 0.0717. The summed E-state index contributed by atoms with van der Waals surface area (Å²) < 4.78 is 27.6. The van der Waals surface area contributed by atoms with Gasteiger partial charge in [0, 0.05) is 18.3 Å². The number of sulfonamides is 1. The molecule has 4 N–H and O–H groups in total. The number of aliphatic hydroxyl groups excluding tert-OH is 1. The van der Waals surface area contributed by atoms with Gasteiger partial charge in [0.15, 0.2) is 0 Å². The molecule has 1 aromatic carbocycles. The molecule has 114 valence electrons. The summed E-state index contributed by atoms with van der Waals surface area (Å²) in [5.74, 6) is -0.159. The molecule has 0 saturated carbocycles. The lowest BCUT2D eigenvalue weighted by atomic mass is 10.1. The Balaban J connectivity index is 3.27. The van der Waals surface area contributed by atoms with Crippen molar-refractivity contribution in [2.45, 2.75) is 45.6 Å². The Morgan fingerprint density at radius 3 is 2.30 bits per heavy atom. The van der Waals surface area contributed by atoms with Gasteiger partial charge in [-0.15, -0.1) is 0 Å². The third-order valence-corrected chi connectivity index (χ3v) is 5.56. The minimum Gasteiger partial charge on any atom is -0.398 e. The average Bonchev–Trinajstić information content (AvgIpc) is 2.33.